The average Bonchev–Trinajstić information content (AvgIpc) is 3.00. The predicted octanol–water partition coefficient (Wildman–Crippen LogP) is 3.51. The van der Waals surface area contributed by atoms with E-state index in [1.807, 2.05) is 31.2 Å². The maximum atomic E-state index is 11.5. The Morgan fingerprint density at radius 2 is 1.92 bits per heavy atom. The van der Waals surface area contributed by atoms with Gasteiger partial charge < -0.3 is 9.47 Å². The van der Waals surface area contributed by atoms with Crippen LogP contribution in [-0.4, -0.2) is 34.7 Å². The van der Waals surface area contributed by atoms with Gasteiger partial charge in [0.25, 0.3) is 0 Å². The Morgan fingerprint density at radius 1 is 1.25 bits per heavy atom. The number of nitrogens with one attached hydrogen (secondary N) is 1. The Kier molecular flexibility index (Phi) is 7.27. The molecule has 0 aliphatic carbocycles. The molecular weight excluding hydrogens is 350 g/mol. The highest BCUT2D eigenvalue weighted by atomic mass is 35.5. The van der Waals surface area contributed by atoms with Crippen LogP contribution in [0.1, 0.15) is 25.3 Å². The summed E-state index contributed by atoms with van der Waals surface area (Å²) in [4.78, 5) is 11.5. The number of ether oxygens (including phenoxy) is 2. The van der Waals surface area contributed by atoms with Gasteiger partial charge in [-0.3, -0.25) is 10.1 Å². The van der Waals surface area contributed by atoms with Crippen molar-refractivity contribution in [2.75, 3.05) is 18.5 Å². The summed E-state index contributed by atoms with van der Waals surface area (Å²) < 4.78 is 11.1. The van der Waals surface area contributed by atoms with E-state index in [0.717, 1.165) is 29.3 Å². The first kappa shape index (κ1) is 18.5. The summed E-state index contributed by atoms with van der Waals surface area (Å²) in [5.74, 6) is 1.36. The molecule has 1 amide bonds. The van der Waals surface area contributed by atoms with Crippen molar-refractivity contribution in [3.8, 4) is 11.5 Å². The molecule has 1 N–H and O–H groups in total. The number of amides is 1. The lowest BCUT2D eigenvalue weighted by Gasteiger charge is -2.07. The molecule has 0 aliphatic heterocycles. The van der Waals surface area contributed by atoms with Crippen LogP contribution in [0.25, 0.3) is 0 Å². The number of rotatable bonds is 9. The molecule has 0 radical (unpaired) electrons. The highest BCUT2D eigenvalue weighted by Crippen LogP contribution is 2.19. The van der Waals surface area contributed by atoms with E-state index in [1.165, 1.54) is 11.3 Å². The normalized spacial score (nSPS) is 11.8. The summed E-state index contributed by atoms with van der Waals surface area (Å²) in [6.07, 6.45) is 1.54. The van der Waals surface area contributed by atoms with Gasteiger partial charge in [-0.2, -0.15) is 0 Å². The fourth-order valence-electron chi connectivity index (χ4n) is 1.82. The number of hydrogen-bond acceptors (Lipinski definition) is 6. The van der Waals surface area contributed by atoms with Crippen molar-refractivity contribution in [3.63, 3.8) is 0 Å². The number of benzene rings is 1. The molecule has 24 heavy (non-hydrogen) atoms. The van der Waals surface area contributed by atoms with E-state index >= 15 is 0 Å². The third-order valence-electron chi connectivity index (χ3n) is 3.00. The Bertz CT molecular complexity index is 646. The molecule has 2 rings (SSSR count). The molecule has 0 saturated heterocycles. The van der Waals surface area contributed by atoms with Crippen molar-refractivity contribution in [1.29, 1.82) is 0 Å². The zero-order valence-electron chi connectivity index (χ0n) is 13.6. The van der Waals surface area contributed by atoms with Crippen molar-refractivity contribution in [2.45, 2.75) is 32.1 Å². The number of anilines is 1. The van der Waals surface area contributed by atoms with Crippen LogP contribution in [-0.2, 0) is 11.2 Å². The maximum Gasteiger partial charge on any atom is 0.243 e. The second-order valence-electron chi connectivity index (χ2n) is 4.96. The molecule has 1 aromatic heterocycles. The molecular formula is C16H20ClN3O3S. The Labute approximate surface area is 150 Å². The fourth-order valence-corrected chi connectivity index (χ4v) is 2.66. The van der Waals surface area contributed by atoms with Gasteiger partial charge in [0.1, 0.15) is 21.9 Å². The van der Waals surface area contributed by atoms with Gasteiger partial charge in [-0.1, -0.05) is 11.3 Å². The number of aromatic nitrogens is 2. The van der Waals surface area contributed by atoms with Crippen LogP contribution in [0.5, 0.6) is 11.5 Å². The number of aryl methyl sites for hydroxylation is 1. The molecule has 0 spiro atoms. The van der Waals surface area contributed by atoms with E-state index < -0.39 is 5.38 Å². The first-order valence-corrected chi connectivity index (χ1v) is 8.96. The second-order valence-corrected chi connectivity index (χ2v) is 6.68. The van der Waals surface area contributed by atoms with Gasteiger partial charge in [0.15, 0.2) is 0 Å². The molecule has 1 unspecified atom stereocenters. The highest BCUT2D eigenvalue weighted by Gasteiger charge is 2.12. The summed E-state index contributed by atoms with van der Waals surface area (Å²) in [5, 5.41) is 11.3. The van der Waals surface area contributed by atoms with Crippen LogP contribution in [0.15, 0.2) is 24.3 Å². The molecule has 1 heterocycles. The van der Waals surface area contributed by atoms with E-state index in [0.29, 0.717) is 18.3 Å². The van der Waals surface area contributed by atoms with Crippen LogP contribution >= 0.6 is 22.9 Å². The first-order chi connectivity index (χ1) is 11.6. The molecule has 2 aromatic rings. The second kappa shape index (κ2) is 9.44. The summed E-state index contributed by atoms with van der Waals surface area (Å²) in [5.41, 5.74) is 0. The first-order valence-electron chi connectivity index (χ1n) is 7.71. The van der Waals surface area contributed by atoms with Gasteiger partial charge in [0.2, 0.25) is 11.0 Å². The minimum Gasteiger partial charge on any atom is -0.494 e. The van der Waals surface area contributed by atoms with E-state index in [-0.39, 0.29) is 5.91 Å². The summed E-state index contributed by atoms with van der Waals surface area (Å²) in [7, 11) is 0. The minimum absolute atomic E-state index is 0.279. The number of halogens is 1. The van der Waals surface area contributed by atoms with E-state index in [2.05, 4.69) is 15.5 Å². The van der Waals surface area contributed by atoms with Crippen LogP contribution in [0, 0.1) is 0 Å². The van der Waals surface area contributed by atoms with Gasteiger partial charge in [-0.05, 0) is 44.5 Å². The van der Waals surface area contributed by atoms with Gasteiger partial charge in [0, 0.05) is 6.42 Å². The van der Waals surface area contributed by atoms with Gasteiger partial charge in [0.05, 0.1) is 13.2 Å². The summed E-state index contributed by atoms with van der Waals surface area (Å²) >= 11 is 7.04. The molecule has 1 atom stereocenters. The van der Waals surface area contributed by atoms with Gasteiger partial charge >= 0.3 is 0 Å². The molecule has 0 aliphatic rings. The Morgan fingerprint density at radius 3 is 2.54 bits per heavy atom. The van der Waals surface area contributed by atoms with E-state index in [4.69, 9.17) is 21.1 Å². The van der Waals surface area contributed by atoms with Crippen LogP contribution in [0.2, 0.25) is 0 Å². The SMILES string of the molecule is CCOc1ccc(OCCCc2nnc(NC(=O)C(C)Cl)s2)cc1. The highest BCUT2D eigenvalue weighted by molar-refractivity contribution is 7.15. The van der Waals surface area contributed by atoms with Crippen molar-refractivity contribution in [3.05, 3.63) is 29.3 Å². The number of nitrogens with zero attached hydrogens (tertiary/aromatic N) is 2. The molecule has 8 heteroatoms. The number of carbonyl (C=O) groups is 1. The maximum absolute atomic E-state index is 11.5. The zero-order chi connectivity index (χ0) is 17.4. The lowest BCUT2D eigenvalue weighted by Crippen LogP contribution is -2.20. The minimum atomic E-state index is -0.597. The van der Waals surface area contributed by atoms with E-state index in [9.17, 15) is 4.79 Å². The van der Waals surface area contributed by atoms with E-state index in [1.54, 1.807) is 6.92 Å². The molecule has 130 valence electrons. The summed E-state index contributed by atoms with van der Waals surface area (Å²) in [6, 6.07) is 7.54. The smallest absolute Gasteiger partial charge is 0.243 e. The quantitative estimate of drug-likeness (QED) is 0.540. The average molecular weight is 370 g/mol. The van der Waals surface area contributed by atoms with Crippen molar-refractivity contribution in [1.82, 2.24) is 10.2 Å². The molecule has 0 bridgehead atoms. The monoisotopic (exact) mass is 369 g/mol. The molecule has 1 aromatic carbocycles. The Balaban J connectivity index is 1.70. The van der Waals surface area contributed by atoms with Crippen molar-refractivity contribution >= 4 is 34.0 Å². The fraction of sp³-hybridized carbons (Fsp3) is 0.438. The zero-order valence-corrected chi connectivity index (χ0v) is 15.2. The third kappa shape index (κ3) is 5.98. The predicted molar refractivity (Wildman–Crippen MR) is 95.3 cm³/mol. The van der Waals surface area contributed by atoms with Crippen LogP contribution in [0.4, 0.5) is 5.13 Å². The number of alkyl halides is 1. The van der Waals surface area contributed by atoms with Crippen molar-refractivity contribution in [2.24, 2.45) is 0 Å². The van der Waals surface area contributed by atoms with Crippen LogP contribution < -0.4 is 14.8 Å². The molecule has 0 fully saturated rings. The molecule has 0 saturated carbocycles. The topological polar surface area (TPSA) is 73.3 Å². The van der Waals surface area contributed by atoms with Crippen LogP contribution in [0.3, 0.4) is 0 Å². The van der Waals surface area contributed by atoms with Crippen molar-refractivity contribution < 1.29 is 14.3 Å². The van der Waals surface area contributed by atoms with Gasteiger partial charge in [-0.25, -0.2) is 0 Å². The summed E-state index contributed by atoms with van der Waals surface area (Å²) in [6.45, 7) is 4.78. The molecule has 6 nitrogen and oxygen atoms in total. The van der Waals surface area contributed by atoms with Gasteiger partial charge in [-0.15, -0.1) is 21.8 Å². The standard InChI is InChI=1S/C16H20ClN3O3S/c1-3-22-12-6-8-13(9-7-12)23-10-4-5-14-19-20-16(24-14)18-15(21)11(2)17/h6-9,11H,3-5,10H2,1-2H3,(H,18,20,21). The number of carbonyl (C=O) groups excluding carboxylic acids is 1. The lowest BCUT2D eigenvalue weighted by molar-refractivity contribution is -0.115. The largest absolute Gasteiger partial charge is 0.494 e. The number of hydrogen-bond donors (Lipinski definition) is 1. The lowest BCUT2D eigenvalue weighted by atomic mass is 10.3. The third-order valence-corrected chi connectivity index (χ3v) is 4.09. The Hall–Kier alpha value is -1.86.